The van der Waals surface area contributed by atoms with E-state index >= 15 is 0 Å². The van der Waals surface area contributed by atoms with Crippen molar-refractivity contribution in [2.24, 2.45) is 0 Å². The maximum atomic E-state index is 14.4. The van der Waals surface area contributed by atoms with Crippen LogP contribution in [0.3, 0.4) is 0 Å². The molecule has 0 atom stereocenters. The van der Waals surface area contributed by atoms with Crippen LogP contribution in [0.25, 0.3) is 0 Å². The highest BCUT2D eigenvalue weighted by Crippen LogP contribution is 2.23. The third-order valence-corrected chi connectivity index (χ3v) is 20.6. The fraction of sp³-hybridized carbons (Fsp3) is 0.418. The van der Waals surface area contributed by atoms with E-state index in [0.717, 1.165) is 27.8 Å². The third-order valence-electron chi connectivity index (χ3n) is 12.9. The summed E-state index contributed by atoms with van der Waals surface area (Å²) in [6, 6.07) is 36.1. The van der Waals surface area contributed by atoms with Crippen LogP contribution in [-0.4, -0.2) is 147 Å². The summed E-state index contributed by atoms with van der Waals surface area (Å²) in [7, 11) is -16.0. The molecule has 2 amide bonds. The lowest BCUT2D eigenvalue weighted by Crippen LogP contribution is -2.39. The molecule has 2 N–H and O–H groups in total. The predicted molar refractivity (Wildman–Crippen MR) is 297 cm³/mol. The number of carbonyl (C=O) groups excluding carboxylic acids is 2. The zero-order chi connectivity index (χ0) is 55.2. The molecule has 21 heteroatoms. The molecular weight excluding hydrogens is 1050 g/mol. The fourth-order valence-corrected chi connectivity index (χ4v) is 14.6. The lowest BCUT2D eigenvalue weighted by Gasteiger charge is -2.28. The Morgan fingerprint density at radius 3 is 0.855 bits per heavy atom. The molecular formula is C55H75N7O10S4. The van der Waals surface area contributed by atoms with Gasteiger partial charge in [-0.05, 0) is 133 Å². The maximum Gasteiger partial charge on any atom is 0.243 e. The number of rotatable bonds is 36. The normalized spacial score (nSPS) is 12.5. The Hall–Kier alpha value is -5.36. The first-order valence-electron chi connectivity index (χ1n) is 25.7. The summed E-state index contributed by atoms with van der Waals surface area (Å²) in [4.78, 5) is 24.6. The van der Waals surface area contributed by atoms with Crippen LogP contribution in [0, 0.1) is 27.7 Å². The number of hydrogen-bond acceptors (Lipinski definition) is 11. The first kappa shape index (κ1) is 61.5. The quantitative estimate of drug-likeness (QED) is 0.0335. The van der Waals surface area contributed by atoms with Gasteiger partial charge in [0.2, 0.25) is 52.9 Å². The SMILES string of the molecule is Cc1ccc(S(=O)(=O)N(CCCNC=O)CCCN(CCCN(CCCN(CCCN(CCCNC=O)S(=O)(=O)c2ccc(C)cc2)S(=O)(=O)c2ccc(C)cc2)Cc2ccccc2)S(=O)(=O)c2ccc(C)cc2)cc1. The van der Waals surface area contributed by atoms with Crippen LogP contribution in [0.2, 0.25) is 0 Å². The Morgan fingerprint density at radius 2 is 0.592 bits per heavy atom. The van der Waals surface area contributed by atoms with Gasteiger partial charge in [-0.2, -0.15) is 17.2 Å². The lowest BCUT2D eigenvalue weighted by molar-refractivity contribution is -0.110. The highest BCUT2D eigenvalue weighted by molar-refractivity contribution is 7.90. The van der Waals surface area contributed by atoms with Crippen molar-refractivity contribution >= 4 is 52.9 Å². The molecule has 0 heterocycles. The molecule has 0 radical (unpaired) electrons. The Labute approximate surface area is 452 Å². The zero-order valence-corrected chi connectivity index (χ0v) is 47.4. The summed E-state index contributed by atoms with van der Waals surface area (Å²) < 4.78 is 119. The standard InChI is InChI=1S/C55H75N7O10S4/c1-47-16-24-52(25-17-47)73(65,66)59(36-8-32-56-45-63)40-12-42-61(75(69,70)54-28-20-49(3)21-29-54)38-10-34-58(44-51-14-6-5-7-15-51)35-11-39-62(76(71,72)55-30-22-50(4)23-31-55)43-13-41-60(37-9-33-57-46-64)74(67,68)53-26-18-48(2)19-27-53/h5-7,14-31,45-46H,8-13,32-44H2,1-4H3,(H,56,63)(H,57,64). The first-order valence-corrected chi connectivity index (χ1v) is 31.4. The molecule has 5 aromatic carbocycles. The summed E-state index contributed by atoms with van der Waals surface area (Å²) in [6.07, 6.45) is 2.96. The van der Waals surface area contributed by atoms with Crippen LogP contribution in [-0.2, 0) is 56.2 Å². The number of aryl methyl sites for hydroxylation is 4. The smallest absolute Gasteiger partial charge is 0.243 e. The number of nitrogens with zero attached hydrogens (tertiary/aromatic N) is 5. The molecule has 0 saturated heterocycles. The zero-order valence-electron chi connectivity index (χ0n) is 44.2. The minimum Gasteiger partial charge on any atom is -0.359 e. The van der Waals surface area contributed by atoms with Crippen LogP contribution in [0.5, 0.6) is 0 Å². The van der Waals surface area contributed by atoms with E-state index in [1.165, 1.54) is 17.2 Å². The van der Waals surface area contributed by atoms with Crippen molar-refractivity contribution in [2.75, 3.05) is 78.5 Å². The van der Waals surface area contributed by atoms with Gasteiger partial charge < -0.3 is 10.6 Å². The number of nitrogens with one attached hydrogen (secondary N) is 2. The van der Waals surface area contributed by atoms with E-state index in [2.05, 4.69) is 15.5 Å². The second-order valence-electron chi connectivity index (χ2n) is 18.9. The average molecular weight is 1120 g/mol. The monoisotopic (exact) mass is 1120 g/mol. The molecule has 5 aromatic rings. The second kappa shape index (κ2) is 30.0. The van der Waals surface area contributed by atoms with Gasteiger partial charge in [0, 0.05) is 72.0 Å². The molecule has 5 rings (SSSR count). The van der Waals surface area contributed by atoms with E-state index < -0.39 is 40.1 Å². The number of amides is 2. The van der Waals surface area contributed by atoms with E-state index in [4.69, 9.17) is 0 Å². The molecule has 414 valence electrons. The van der Waals surface area contributed by atoms with Gasteiger partial charge in [-0.15, -0.1) is 0 Å². The largest absolute Gasteiger partial charge is 0.359 e. The molecule has 0 spiro atoms. The Balaban J connectivity index is 1.35. The minimum absolute atomic E-state index is 0.0204. The average Bonchev–Trinajstić information content (AvgIpc) is 3.39. The topological polar surface area (TPSA) is 211 Å². The Bertz CT molecular complexity index is 2840. The van der Waals surface area contributed by atoms with Gasteiger partial charge >= 0.3 is 0 Å². The van der Waals surface area contributed by atoms with Crippen molar-refractivity contribution in [3.8, 4) is 0 Å². The molecule has 0 aliphatic carbocycles. The van der Waals surface area contributed by atoms with Crippen LogP contribution >= 0.6 is 0 Å². The van der Waals surface area contributed by atoms with Crippen LogP contribution < -0.4 is 10.6 Å². The number of sulfonamides is 4. The highest BCUT2D eigenvalue weighted by Gasteiger charge is 2.30. The van der Waals surface area contributed by atoms with E-state index in [9.17, 15) is 43.3 Å². The molecule has 0 unspecified atom stereocenters. The molecule has 76 heavy (non-hydrogen) atoms. The van der Waals surface area contributed by atoms with Crippen molar-refractivity contribution in [1.82, 2.24) is 32.8 Å². The molecule has 0 aromatic heterocycles. The van der Waals surface area contributed by atoms with Gasteiger partial charge in [0.05, 0.1) is 19.6 Å². The van der Waals surface area contributed by atoms with E-state index in [-0.39, 0.29) is 97.9 Å². The van der Waals surface area contributed by atoms with Crippen LogP contribution in [0.1, 0.15) is 66.3 Å². The number of benzene rings is 5. The van der Waals surface area contributed by atoms with Crippen molar-refractivity contribution in [3.63, 3.8) is 0 Å². The van der Waals surface area contributed by atoms with Crippen molar-refractivity contribution in [2.45, 2.75) is 92.3 Å². The van der Waals surface area contributed by atoms with Crippen molar-refractivity contribution in [3.05, 3.63) is 155 Å². The fourth-order valence-electron chi connectivity index (χ4n) is 8.58. The van der Waals surface area contributed by atoms with Gasteiger partial charge in [0.25, 0.3) is 0 Å². The van der Waals surface area contributed by atoms with Crippen LogP contribution in [0.15, 0.2) is 147 Å². The van der Waals surface area contributed by atoms with E-state index in [1.54, 1.807) is 97.1 Å². The molecule has 0 aliphatic rings. The van der Waals surface area contributed by atoms with E-state index in [0.29, 0.717) is 58.1 Å². The van der Waals surface area contributed by atoms with Gasteiger partial charge in [0.15, 0.2) is 0 Å². The Kier molecular flexibility index (Phi) is 24.2. The molecule has 0 fully saturated rings. The van der Waals surface area contributed by atoms with Gasteiger partial charge in [0.1, 0.15) is 0 Å². The summed E-state index contributed by atoms with van der Waals surface area (Å²) in [5.41, 5.74) is 4.58. The van der Waals surface area contributed by atoms with Gasteiger partial charge in [-0.3, -0.25) is 14.5 Å². The lowest BCUT2D eigenvalue weighted by atomic mass is 10.2. The van der Waals surface area contributed by atoms with Crippen molar-refractivity contribution < 1.29 is 43.3 Å². The van der Waals surface area contributed by atoms with Crippen LogP contribution in [0.4, 0.5) is 0 Å². The summed E-state index contributed by atoms with van der Waals surface area (Å²) in [5.74, 6) is 0. The highest BCUT2D eigenvalue weighted by atomic mass is 32.2. The van der Waals surface area contributed by atoms with Gasteiger partial charge in [-0.25, -0.2) is 33.7 Å². The second-order valence-corrected chi connectivity index (χ2v) is 26.6. The summed E-state index contributed by atoms with van der Waals surface area (Å²) in [5, 5.41) is 5.16. The number of hydrogen-bond donors (Lipinski definition) is 2. The number of carbonyl (C=O) groups is 2. The molecule has 0 saturated carbocycles. The molecule has 17 nitrogen and oxygen atoms in total. The predicted octanol–water partition coefficient (Wildman–Crippen LogP) is 6.32. The molecule has 0 bridgehead atoms. The minimum atomic E-state index is -4.05. The first-order chi connectivity index (χ1) is 36.3. The third kappa shape index (κ3) is 18.4. The summed E-state index contributed by atoms with van der Waals surface area (Å²) >= 11 is 0. The van der Waals surface area contributed by atoms with Gasteiger partial charge in [-0.1, -0.05) is 101 Å². The van der Waals surface area contributed by atoms with E-state index in [1.807, 2.05) is 58.0 Å². The Morgan fingerprint density at radius 1 is 0.342 bits per heavy atom. The molecule has 0 aliphatic heterocycles. The summed E-state index contributed by atoms with van der Waals surface area (Å²) in [6.45, 7) is 9.87. The maximum absolute atomic E-state index is 14.4. The van der Waals surface area contributed by atoms with Crippen molar-refractivity contribution in [1.29, 1.82) is 0 Å².